The molecule has 2 atom stereocenters. The van der Waals surface area contributed by atoms with Gasteiger partial charge in [0.05, 0.1) is 23.5 Å². The normalized spacial score (nSPS) is 20.1. The predicted molar refractivity (Wildman–Crippen MR) is 77.8 cm³/mol. The first kappa shape index (κ1) is 15.4. The lowest BCUT2D eigenvalue weighted by Gasteiger charge is -2.37. The minimum absolute atomic E-state index is 0.0195. The van der Waals surface area contributed by atoms with Crippen molar-refractivity contribution >= 4 is 11.6 Å². The number of rotatable bonds is 4. The number of carbonyl (C=O) groups is 1. The number of hydrogen-bond acceptors (Lipinski definition) is 4. The third-order valence-corrected chi connectivity index (χ3v) is 3.93. The van der Waals surface area contributed by atoms with Gasteiger partial charge in [0, 0.05) is 18.7 Å². The first-order valence-corrected chi connectivity index (χ1v) is 7.20. The highest BCUT2D eigenvalue weighted by molar-refractivity contribution is 5.79. The fourth-order valence-corrected chi connectivity index (χ4v) is 2.78. The summed E-state index contributed by atoms with van der Waals surface area (Å²) >= 11 is 0. The van der Waals surface area contributed by atoms with Crippen LogP contribution in [-0.4, -0.2) is 39.5 Å². The van der Waals surface area contributed by atoms with Gasteiger partial charge in [0.1, 0.15) is 0 Å². The third-order valence-electron chi connectivity index (χ3n) is 3.93. The number of benzene rings is 1. The standard InChI is InChI=1S/C15H20N2O4/c1-11(18)14-4-2-3-9-16(14)15(19)10-12-5-7-13(8-6-12)17(20)21/h5-8,11,14,18H,2-4,9-10H2,1H3/t11-,14+/m1/s1. The van der Waals surface area contributed by atoms with Crippen molar-refractivity contribution in [1.82, 2.24) is 4.90 Å². The van der Waals surface area contributed by atoms with Crippen molar-refractivity contribution in [2.45, 2.75) is 44.8 Å². The molecule has 0 unspecified atom stereocenters. The fraction of sp³-hybridized carbons (Fsp3) is 0.533. The highest BCUT2D eigenvalue weighted by Gasteiger charge is 2.29. The van der Waals surface area contributed by atoms with Crippen LogP contribution in [-0.2, 0) is 11.2 Å². The zero-order chi connectivity index (χ0) is 15.4. The Kier molecular flexibility index (Phi) is 4.90. The minimum atomic E-state index is -0.536. The fourth-order valence-electron chi connectivity index (χ4n) is 2.78. The molecular weight excluding hydrogens is 272 g/mol. The van der Waals surface area contributed by atoms with Crippen molar-refractivity contribution in [2.24, 2.45) is 0 Å². The van der Waals surface area contributed by atoms with E-state index < -0.39 is 11.0 Å². The van der Waals surface area contributed by atoms with Crippen LogP contribution in [0.2, 0.25) is 0 Å². The molecule has 1 aliphatic rings. The van der Waals surface area contributed by atoms with Crippen LogP contribution in [0.25, 0.3) is 0 Å². The van der Waals surface area contributed by atoms with Crippen molar-refractivity contribution in [3.05, 3.63) is 39.9 Å². The summed E-state index contributed by atoms with van der Waals surface area (Å²) in [6, 6.07) is 5.91. The molecule has 0 aromatic heterocycles. The molecule has 0 radical (unpaired) electrons. The third kappa shape index (κ3) is 3.78. The summed E-state index contributed by atoms with van der Waals surface area (Å²) in [5, 5.41) is 20.4. The molecule has 114 valence electrons. The first-order chi connectivity index (χ1) is 9.99. The number of aliphatic hydroxyl groups excluding tert-OH is 1. The van der Waals surface area contributed by atoms with Gasteiger partial charge in [-0.3, -0.25) is 14.9 Å². The molecular formula is C15H20N2O4. The molecule has 0 aliphatic carbocycles. The summed E-state index contributed by atoms with van der Waals surface area (Å²) in [4.78, 5) is 24.3. The maximum atomic E-state index is 12.4. The molecule has 0 spiro atoms. The van der Waals surface area contributed by atoms with Crippen LogP contribution < -0.4 is 0 Å². The molecule has 0 bridgehead atoms. The molecule has 1 fully saturated rings. The second-order valence-electron chi connectivity index (χ2n) is 5.49. The van der Waals surface area contributed by atoms with E-state index in [1.807, 2.05) is 0 Å². The Hall–Kier alpha value is -1.95. The van der Waals surface area contributed by atoms with Gasteiger partial charge in [-0.2, -0.15) is 0 Å². The number of amides is 1. The highest BCUT2D eigenvalue weighted by atomic mass is 16.6. The van der Waals surface area contributed by atoms with Crippen LogP contribution in [0.4, 0.5) is 5.69 Å². The van der Waals surface area contributed by atoms with E-state index in [4.69, 9.17) is 0 Å². The van der Waals surface area contributed by atoms with Crippen LogP contribution in [0.15, 0.2) is 24.3 Å². The van der Waals surface area contributed by atoms with Gasteiger partial charge in [-0.05, 0) is 31.7 Å². The Morgan fingerprint density at radius 2 is 2.10 bits per heavy atom. The zero-order valence-electron chi connectivity index (χ0n) is 12.1. The Balaban J connectivity index is 2.04. The summed E-state index contributed by atoms with van der Waals surface area (Å²) in [6.45, 7) is 2.38. The van der Waals surface area contributed by atoms with Crippen molar-refractivity contribution in [3.8, 4) is 0 Å². The summed E-state index contributed by atoms with van der Waals surface area (Å²) in [5.41, 5.74) is 0.770. The van der Waals surface area contributed by atoms with E-state index in [1.165, 1.54) is 12.1 Å². The number of nitro groups is 1. The Labute approximate surface area is 123 Å². The number of likely N-dealkylation sites (tertiary alicyclic amines) is 1. The molecule has 1 saturated heterocycles. The lowest BCUT2D eigenvalue weighted by molar-refractivity contribution is -0.384. The summed E-state index contributed by atoms with van der Waals surface area (Å²) < 4.78 is 0. The minimum Gasteiger partial charge on any atom is -0.391 e. The van der Waals surface area contributed by atoms with E-state index >= 15 is 0 Å². The maximum Gasteiger partial charge on any atom is 0.269 e. The largest absolute Gasteiger partial charge is 0.391 e. The predicted octanol–water partition coefficient (Wildman–Crippen LogP) is 1.90. The van der Waals surface area contributed by atoms with Crippen LogP contribution in [0.1, 0.15) is 31.7 Å². The number of piperidine rings is 1. The first-order valence-electron chi connectivity index (χ1n) is 7.20. The average molecular weight is 292 g/mol. The monoisotopic (exact) mass is 292 g/mol. The van der Waals surface area contributed by atoms with E-state index in [0.29, 0.717) is 6.54 Å². The Morgan fingerprint density at radius 1 is 1.43 bits per heavy atom. The molecule has 0 saturated carbocycles. The molecule has 1 N–H and O–H groups in total. The van der Waals surface area contributed by atoms with Gasteiger partial charge < -0.3 is 10.0 Å². The Bertz CT molecular complexity index is 513. The number of hydrogen-bond donors (Lipinski definition) is 1. The second kappa shape index (κ2) is 6.67. The number of aliphatic hydroxyl groups is 1. The van der Waals surface area contributed by atoms with Gasteiger partial charge in [0.2, 0.25) is 5.91 Å². The average Bonchev–Trinajstić information content (AvgIpc) is 2.47. The lowest BCUT2D eigenvalue weighted by Crippen LogP contribution is -2.49. The molecule has 2 rings (SSSR count). The van der Waals surface area contributed by atoms with Gasteiger partial charge in [-0.15, -0.1) is 0 Å². The van der Waals surface area contributed by atoms with E-state index in [9.17, 15) is 20.0 Å². The molecule has 6 heteroatoms. The molecule has 1 amide bonds. The smallest absolute Gasteiger partial charge is 0.269 e. The molecule has 6 nitrogen and oxygen atoms in total. The number of nitro benzene ring substituents is 1. The van der Waals surface area contributed by atoms with Gasteiger partial charge in [0.25, 0.3) is 5.69 Å². The Morgan fingerprint density at radius 3 is 2.67 bits per heavy atom. The number of carbonyl (C=O) groups excluding carboxylic acids is 1. The summed E-state index contributed by atoms with van der Waals surface area (Å²) in [6.07, 6.45) is 2.47. The summed E-state index contributed by atoms with van der Waals surface area (Å²) in [7, 11) is 0. The van der Waals surface area contributed by atoms with Crippen LogP contribution in [0.5, 0.6) is 0 Å². The molecule has 1 aliphatic heterocycles. The molecule has 1 aromatic rings. The quantitative estimate of drug-likeness (QED) is 0.678. The van der Waals surface area contributed by atoms with Crippen molar-refractivity contribution < 1.29 is 14.8 Å². The number of non-ortho nitro benzene ring substituents is 1. The van der Waals surface area contributed by atoms with Crippen molar-refractivity contribution in [3.63, 3.8) is 0 Å². The molecule has 1 aromatic carbocycles. The van der Waals surface area contributed by atoms with E-state index in [1.54, 1.807) is 24.0 Å². The van der Waals surface area contributed by atoms with Gasteiger partial charge in [0.15, 0.2) is 0 Å². The van der Waals surface area contributed by atoms with Gasteiger partial charge in [-0.1, -0.05) is 12.1 Å². The van der Waals surface area contributed by atoms with Crippen molar-refractivity contribution in [2.75, 3.05) is 6.54 Å². The molecule has 1 heterocycles. The van der Waals surface area contributed by atoms with Crippen LogP contribution >= 0.6 is 0 Å². The zero-order valence-corrected chi connectivity index (χ0v) is 12.1. The van der Waals surface area contributed by atoms with E-state index in [2.05, 4.69) is 0 Å². The summed E-state index contributed by atoms with van der Waals surface area (Å²) in [5.74, 6) is -0.0329. The van der Waals surface area contributed by atoms with E-state index in [0.717, 1.165) is 24.8 Å². The van der Waals surface area contributed by atoms with Crippen molar-refractivity contribution in [1.29, 1.82) is 0 Å². The van der Waals surface area contributed by atoms with E-state index in [-0.39, 0.29) is 24.1 Å². The van der Waals surface area contributed by atoms with Crippen LogP contribution in [0.3, 0.4) is 0 Å². The number of nitrogens with zero attached hydrogens (tertiary/aromatic N) is 2. The second-order valence-corrected chi connectivity index (χ2v) is 5.49. The SMILES string of the molecule is C[C@@H](O)[C@@H]1CCCCN1C(=O)Cc1ccc([N+](=O)[O-])cc1. The molecule has 21 heavy (non-hydrogen) atoms. The van der Waals surface area contributed by atoms with Gasteiger partial charge >= 0.3 is 0 Å². The topological polar surface area (TPSA) is 83.7 Å². The lowest BCUT2D eigenvalue weighted by atomic mass is 9.97. The van der Waals surface area contributed by atoms with Gasteiger partial charge in [-0.25, -0.2) is 0 Å². The maximum absolute atomic E-state index is 12.4. The van der Waals surface area contributed by atoms with Crippen LogP contribution in [0, 0.1) is 10.1 Å². The highest BCUT2D eigenvalue weighted by Crippen LogP contribution is 2.21.